The van der Waals surface area contributed by atoms with Crippen LogP contribution in [-0.2, 0) is 16.2 Å². The van der Waals surface area contributed by atoms with Crippen molar-refractivity contribution in [3.63, 3.8) is 0 Å². The highest BCUT2D eigenvalue weighted by Gasteiger charge is 2.03. The Labute approximate surface area is 149 Å². The lowest BCUT2D eigenvalue weighted by molar-refractivity contribution is -0.384. The number of benzene rings is 2. The number of rotatable bonds is 7. The van der Waals surface area contributed by atoms with Crippen LogP contribution in [0.25, 0.3) is 6.08 Å². The van der Waals surface area contributed by atoms with Gasteiger partial charge in [0.15, 0.2) is 0 Å². The maximum absolute atomic E-state index is 11.1. The molecule has 2 aromatic carbocycles. The number of nitrogens with zero attached hydrogens (tertiary/aromatic N) is 2. The lowest BCUT2D eigenvalue weighted by atomic mass is 10.1. The summed E-state index contributed by atoms with van der Waals surface area (Å²) in [5.74, 6) is -0.298. The van der Waals surface area contributed by atoms with Gasteiger partial charge in [-0.1, -0.05) is 42.2 Å². The van der Waals surface area contributed by atoms with Gasteiger partial charge in [0.25, 0.3) is 11.6 Å². The Kier molecular flexibility index (Phi) is 6.73. The molecule has 0 spiro atoms. The van der Waals surface area contributed by atoms with Gasteiger partial charge in [-0.2, -0.15) is 0 Å². The number of hydrogen-bond acceptors (Lipinski definition) is 6. The van der Waals surface area contributed by atoms with Gasteiger partial charge in [-0.25, -0.2) is 0 Å². The number of carbonyl (C=O) groups is 1. The topological polar surface area (TPSA) is 93.8 Å². The van der Waals surface area contributed by atoms with E-state index in [0.29, 0.717) is 0 Å². The summed E-state index contributed by atoms with van der Waals surface area (Å²) in [5, 5.41) is 14.4. The van der Waals surface area contributed by atoms with Gasteiger partial charge in [-0.15, -0.1) is 0 Å². The molecule has 0 radical (unpaired) electrons. The van der Waals surface area contributed by atoms with E-state index in [-0.39, 0.29) is 18.2 Å². The number of hydrogen-bond donors (Lipinski definition) is 2. The van der Waals surface area contributed by atoms with Crippen molar-refractivity contribution in [2.24, 2.45) is 5.16 Å². The molecule has 1 N–H and O–H groups in total. The van der Waals surface area contributed by atoms with Crippen molar-refractivity contribution < 1.29 is 14.6 Å². The first kappa shape index (κ1) is 18.2. The van der Waals surface area contributed by atoms with Crippen LogP contribution in [0.5, 0.6) is 0 Å². The number of non-ortho nitro benzene ring substituents is 1. The second-order valence-corrected chi connectivity index (χ2v) is 5.13. The van der Waals surface area contributed by atoms with Crippen LogP contribution in [0.15, 0.2) is 59.8 Å². The molecular formula is C17H15N3O4S. The Hall–Kier alpha value is -3.13. The predicted octanol–water partition coefficient (Wildman–Crippen LogP) is 3.12. The standard InChI is InChI=1S/C17H15N3O4S/c21-17(19-25)10-7-13-1-3-14(4-2-13)11-18-24-12-15-5-8-16(9-6-15)20(22)23/h1-11,25H,12H2,(H,19,21)/b10-7+,18-11+. The normalized spacial score (nSPS) is 10.9. The molecule has 128 valence electrons. The molecule has 0 aliphatic rings. The lowest BCUT2D eigenvalue weighted by Crippen LogP contribution is -2.07. The van der Waals surface area contributed by atoms with Crippen LogP contribution in [0.2, 0.25) is 0 Å². The number of thiol groups is 1. The molecule has 0 atom stereocenters. The first-order chi connectivity index (χ1) is 12.1. The summed E-state index contributed by atoms with van der Waals surface area (Å²) < 4.78 is 2.20. The smallest absolute Gasteiger partial charge is 0.269 e. The van der Waals surface area contributed by atoms with E-state index in [9.17, 15) is 14.9 Å². The van der Waals surface area contributed by atoms with Crippen molar-refractivity contribution in [2.45, 2.75) is 6.61 Å². The average molecular weight is 357 g/mol. The van der Waals surface area contributed by atoms with Gasteiger partial charge in [0, 0.05) is 18.2 Å². The Morgan fingerprint density at radius 1 is 1.16 bits per heavy atom. The molecule has 0 saturated carbocycles. The van der Waals surface area contributed by atoms with E-state index in [1.807, 2.05) is 24.3 Å². The van der Waals surface area contributed by atoms with Crippen LogP contribution in [-0.4, -0.2) is 17.0 Å². The molecule has 1 amide bonds. The van der Waals surface area contributed by atoms with Gasteiger partial charge in [-0.05, 0) is 34.9 Å². The molecule has 2 aromatic rings. The van der Waals surface area contributed by atoms with Crippen LogP contribution >= 0.6 is 12.8 Å². The number of nitro benzene ring substituents is 1. The summed E-state index contributed by atoms with van der Waals surface area (Å²) in [4.78, 5) is 26.3. The van der Waals surface area contributed by atoms with Crippen molar-refractivity contribution in [3.8, 4) is 0 Å². The zero-order valence-electron chi connectivity index (χ0n) is 13.0. The maximum atomic E-state index is 11.1. The van der Waals surface area contributed by atoms with E-state index in [4.69, 9.17) is 4.84 Å². The summed E-state index contributed by atoms with van der Waals surface area (Å²) in [6.07, 6.45) is 4.60. The first-order valence-electron chi connectivity index (χ1n) is 7.19. The van der Waals surface area contributed by atoms with Gasteiger partial charge >= 0.3 is 0 Å². The van der Waals surface area contributed by atoms with Crippen molar-refractivity contribution >= 4 is 36.7 Å². The summed E-state index contributed by atoms with van der Waals surface area (Å²) in [5.41, 5.74) is 2.51. The average Bonchev–Trinajstić information content (AvgIpc) is 2.64. The molecule has 0 aliphatic heterocycles. The van der Waals surface area contributed by atoms with E-state index in [1.54, 1.807) is 24.4 Å². The van der Waals surface area contributed by atoms with Crippen molar-refractivity contribution in [1.82, 2.24) is 4.72 Å². The number of amides is 1. The Bertz CT molecular complexity index is 787. The van der Waals surface area contributed by atoms with E-state index >= 15 is 0 Å². The molecule has 0 unspecified atom stereocenters. The van der Waals surface area contributed by atoms with Gasteiger partial charge in [0.2, 0.25) is 0 Å². The zero-order chi connectivity index (χ0) is 18.1. The van der Waals surface area contributed by atoms with E-state index < -0.39 is 4.92 Å². The fraction of sp³-hybridized carbons (Fsp3) is 0.0588. The Balaban J connectivity index is 1.84. The lowest BCUT2D eigenvalue weighted by Gasteiger charge is -2.00. The zero-order valence-corrected chi connectivity index (χ0v) is 13.9. The third kappa shape index (κ3) is 6.11. The summed E-state index contributed by atoms with van der Waals surface area (Å²) >= 11 is 3.65. The molecule has 8 heteroatoms. The van der Waals surface area contributed by atoms with E-state index in [0.717, 1.165) is 16.7 Å². The summed E-state index contributed by atoms with van der Waals surface area (Å²) in [7, 11) is 0. The molecule has 0 fully saturated rings. The first-order valence-corrected chi connectivity index (χ1v) is 7.64. The number of oxime groups is 1. The van der Waals surface area contributed by atoms with Crippen molar-refractivity contribution in [3.05, 3.63) is 81.4 Å². The molecule has 0 aromatic heterocycles. The highest BCUT2D eigenvalue weighted by molar-refractivity contribution is 7.78. The molecule has 2 rings (SSSR count). The fourth-order valence-corrected chi connectivity index (χ4v) is 1.90. The van der Waals surface area contributed by atoms with Gasteiger partial charge in [0.1, 0.15) is 6.61 Å². The third-order valence-corrected chi connectivity index (χ3v) is 3.35. The highest BCUT2D eigenvalue weighted by Crippen LogP contribution is 2.12. The molecule has 0 heterocycles. The summed E-state index contributed by atoms with van der Waals surface area (Å²) in [6, 6.07) is 13.4. The minimum atomic E-state index is -0.452. The van der Waals surface area contributed by atoms with Crippen molar-refractivity contribution in [2.75, 3.05) is 0 Å². The molecule has 7 nitrogen and oxygen atoms in total. The largest absolute Gasteiger partial charge is 0.391 e. The third-order valence-electron chi connectivity index (χ3n) is 3.13. The van der Waals surface area contributed by atoms with Crippen LogP contribution in [0.3, 0.4) is 0 Å². The molecule has 25 heavy (non-hydrogen) atoms. The van der Waals surface area contributed by atoms with Gasteiger partial charge in [0.05, 0.1) is 11.1 Å². The number of carbonyl (C=O) groups excluding carboxylic acids is 1. The molecule has 0 bridgehead atoms. The second kappa shape index (κ2) is 9.24. The van der Waals surface area contributed by atoms with Gasteiger partial charge < -0.3 is 4.84 Å². The quantitative estimate of drug-likeness (QED) is 0.262. The Morgan fingerprint density at radius 3 is 2.40 bits per heavy atom. The fourth-order valence-electron chi connectivity index (χ4n) is 1.83. The predicted molar refractivity (Wildman–Crippen MR) is 98.1 cm³/mol. The van der Waals surface area contributed by atoms with E-state index in [2.05, 4.69) is 22.7 Å². The van der Waals surface area contributed by atoms with Gasteiger partial charge in [-0.3, -0.25) is 19.6 Å². The van der Waals surface area contributed by atoms with Crippen LogP contribution in [0, 0.1) is 10.1 Å². The highest BCUT2D eigenvalue weighted by atomic mass is 32.1. The molecule has 0 saturated heterocycles. The Morgan fingerprint density at radius 2 is 1.80 bits per heavy atom. The monoisotopic (exact) mass is 357 g/mol. The number of nitro groups is 1. The number of nitrogens with one attached hydrogen (secondary N) is 1. The van der Waals surface area contributed by atoms with Crippen LogP contribution in [0.1, 0.15) is 16.7 Å². The molecular weight excluding hydrogens is 342 g/mol. The maximum Gasteiger partial charge on any atom is 0.269 e. The van der Waals surface area contributed by atoms with Crippen molar-refractivity contribution in [1.29, 1.82) is 0 Å². The van der Waals surface area contributed by atoms with Crippen LogP contribution in [0.4, 0.5) is 5.69 Å². The SMILES string of the molecule is O=C(/C=C/c1ccc(/C=N/OCc2ccc([N+](=O)[O-])cc2)cc1)NS. The minimum absolute atomic E-state index is 0.0354. The summed E-state index contributed by atoms with van der Waals surface area (Å²) in [6.45, 7) is 0.216. The second-order valence-electron chi connectivity index (χ2n) is 4.91. The van der Waals surface area contributed by atoms with Crippen LogP contribution < -0.4 is 4.72 Å². The molecule has 0 aliphatic carbocycles. The minimum Gasteiger partial charge on any atom is -0.391 e. The van der Waals surface area contributed by atoms with E-state index in [1.165, 1.54) is 18.2 Å².